The first-order valence-corrected chi connectivity index (χ1v) is 6.58. The number of rotatable bonds is 6. The molecule has 1 atom stereocenters. The Bertz CT molecular complexity index is 477. The Morgan fingerprint density at radius 1 is 1.53 bits per heavy atom. The summed E-state index contributed by atoms with van der Waals surface area (Å²) >= 11 is 5.61. The van der Waals surface area contributed by atoms with Crippen LogP contribution in [-0.2, 0) is 0 Å². The minimum Gasteiger partial charge on any atom is -0.352 e. The zero-order valence-electron chi connectivity index (χ0n) is 11.0. The lowest BCUT2D eigenvalue weighted by Crippen LogP contribution is -2.28. The molecule has 0 aromatic heterocycles. The number of halogens is 1. The van der Waals surface area contributed by atoms with Crippen LogP contribution in [0.1, 0.15) is 29.3 Å². The standard InChI is InChI=1S/C13H17ClN2O3/c1-9(5-6-14)8-15-13(17)11-4-3-10(2)12(7-11)16(18)19/h3-4,7,9H,5-6,8H2,1-2H3,(H,15,17). The van der Waals surface area contributed by atoms with Gasteiger partial charge in [0, 0.05) is 29.6 Å². The summed E-state index contributed by atoms with van der Waals surface area (Å²) in [6.45, 7) is 4.13. The average Bonchev–Trinajstić information content (AvgIpc) is 2.36. The smallest absolute Gasteiger partial charge is 0.273 e. The van der Waals surface area contributed by atoms with Crippen LogP contribution < -0.4 is 5.32 Å². The molecule has 1 unspecified atom stereocenters. The lowest BCUT2D eigenvalue weighted by molar-refractivity contribution is -0.385. The molecule has 104 valence electrons. The Hall–Kier alpha value is -1.62. The molecular formula is C13H17ClN2O3. The number of carbonyl (C=O) groups is 1. The summed E-state index contributed by atoms with van der Waals surface area (Å²) in [4.78, 5) is 22.2. The van der Waals surface area contributed by atoms with Gasteiger partial charge in [-0.2, -0.15) is 0 Å². The first kappa shape index (κ1) is 15.4. The number of nitrogens with zero attached hydrogens (tertiary/aromatic N) is 1. The average molecular weight is 285 g/mol. The highest BCUT2D eigenvalue weighted by molar-refractivity contribution is 6.17. The highest BCUT2D eigenvalue weighted by Gasteiger charge is 2.15. The minimum absolute atomic E-state index is 0.0403. The van der Waals surface area contributed by atoms with Gasteiger partial charge in [-0.15, -0.1) is 11.6 Å². The van der Waals surface area contributed by atoms with Crippen LogP contribution in [0.15, 0.2) is 18.2 Å². The van der Waals surface area contributed by atoms with Gasteiger partial charge in [-0.1, -0.05) is 13.0 Å². The highest BCUT2D eigenvalue weighted by atomic mass is 35.5. The molecule has 1 rings (SSSR count). The van der Waals surface area contributed by atoms with Crippen LogP contribution >= 0.6 is 11.6 Å². The van der Waals surface area contributed by atoms with Gasteiger partial charge >= 0.3 is 0 Å². The molecule has 0 aliphatic heterocycles. The van der Waals surface area contributed by atoms with E-state index in [0.717, 1.165) is 6.42 Å². The van der Waals surface area contributed by atoms with Gasteiger partial charge in [-0.05, 0) is 25.3 Å². The largest absolute Gasteiger partial charge is 0.352 e. The molecule has 0 bridgehead atoms. The van der Waals surface area contributed by atoms with E-state index in [9.17, 15) is 14.9 Å². The van der Waals surface area contributed by atoms with Gasteiger partial charge in [-0.3, -0.25) is 14.9 Å². The molecular weight excluding hydrogens is 268 g/mol. The number of nitro groups is 1. The molecule has 0 heterocycles. The van der Waals surface area contributed by atoms with Gasteiger partial charge in [0.25, 0.3) is 11.6 Å². The fraction of sp³-hybridized carbons (Fsp3) is 0.462. The fourth-order valence-electron chi connectivity index (χ4n) is 1.60. The third-order valence-corrected chi connectivity index (χ3v) is 3.10. The number of aryl methyl sites for hydroxylation is 1. The summed E-state index contributed by atoms with van der Waals surface area (Å²) in [7, 11) is 0. The second-order valence-corrected chi connectivity index (χ2v) is 4.93. The van der Waals surface area contributed by atoms with Crippen LogP contribution in [0.2, 0.25) is 0 Å². The van der Waals surface area contributed by atoms with Crippen LogP contribution in [0.3, 0.4) is 0 Å². The summed E-state index contributed by atoms with van der Waals surface area (Å²) in [6.07, 6.45) is 0.815. The molecule has 0 spiro atoms. The first-order valence-electron chi connectivity index (χ1n) is 6.05. The number of alkyl halides is 1. The van der Waals surface area contributed by atoms with Crippen molar-refractivity contribution < 1.29 is 9.72 Å². The summed E-state index contributed by atoms with van der Waals surface area (Å²) in [6, 6.07) is 4.47. The Balaban J connectivity index is 2.72. The number of nitro benzene ring substituents is 1. The molecule has 0 saturated heterocycles. The van der Waals surface area contributed by atoms with E-state index in [0.29, 0.717) is 23.6 Å². The predicted octanol–water partition coefficient (Wildman–Crippen LogP) is 2.90. The SMILES string of the molecule is Cc1ccc(C(=O)NCC(C)CCCl)cc1[N+](=O)[O-]. The molecule has 6 heteroatoms. The van der Waals surface area contributed by atoms with E-state index in [4.69, 9.17) is 11.6 Å². The molecule has 19 heavy (non-hydrogen) atoms. The molecule has 0 saturated carbocycles. The van der Waals surface area contributed by atoms with Crippen molar-refractivity contribution in [2.75, 3.05) is 12.4 Å². The maximum absolute atomic E-state index is 11.9. The minimum atomic E-state index is -0.484. The number of amides is 1. The molecule has 0 aliphatic rings. The molecule has 1 aromatic carbocycles. The lowest BCUT2D eigenvalue weighted by Gasteiger charge is -2.11. The van der Waals surface area contributed by atoms with Crippen molar-refractivity contribution in [2.24, 2.45) is 5.92 Å². The maximum atomic E-state index is 11.9. The second-order valence-electron chi connectivity index (χ2n) is 4.55. The molecule has 0 fully saturated rings. The Morgan fingerprint density at radius 2 is 2.21 bits per heavy atom. The van der Waals surface area contributed by atoms with Crippen LogP contribution in [0, 0.1) is 23.0 Å². The van der Waals surface area contributed by atoms with Crippen molar-refractivity contribution in [3.8, 4) is 0 Å². The zero-order chi connectivity index (χ0) is 14.4. The number of benzene rings is 1. The predicted molar refractivity (Wildman–Crippen MR) is 74.7 cm³/mol. The van der Waals surface area contributed by atoms with Gasteiger partial charge in [0.1, 0.15) is 0 Å². The van der Waals surface area contributed by atoms with E-state index >= 15 is 0 Å². The molecule has 5 nitrogen and oxygen atoms in total. The summed E-state index contributed by atoms with van der Waals surface area (Å²) < 4.78 is 0. The van der Waals surface area contributed by atoms with E-state index in [1.165, 1.54) is 6.07 Å². The molecule has 1 aromatic rings. The van der Waals surface area contributed by atoms with Gasteiger partial charge in [0.05, 0.1) is 4.92 Å². The van der Waals surface area contributed by atoms with Crippen molar-refractivity contribution in [3.63, 3.8) is 0 Å². The highest BCUT2D eigenvalue weighted by Crippen LogP contribution is 2.19. The third kappa shape index (κ3) is 4.52. The summed E-state index contributed by atoms with van der Waals surface area (Å²) in [5, 5.41) is 13.6. The van der Waals surface area contributed by atoms with E-state index in [1.54, 1.807) is 19.1 Å². The van der Waals surface area contributed by atoms with Crippen molar-refractivity contribution in [2.45, 2.75) is 20.3 Å². The van der Waals surface area contributed by atoms with Crippen molar-refractivity contribution in [1.82, 2.24) is 5.32 Å². The van der Waals surface area contributed by atoms with Gasteiger partial charge in [-0.25, -0.2) is 0 Å². The molecule has 1 amide bonds. The van der Waals surface area contributed by atoms with E-state index in [1.807, 2.05) is 6.92 Å². The molecule has 1 N–H and O–H groups in total. The summed E-state index contributed by atoms with van der Waals surface area (Å²) in [5.74, 6) is 0.527. The van der Waals surface area contributed by atoms with Crippen LogP contribution in [0.25, 0.3) is 0 Å². The van der Waals surface area contributed by atoms with Crippen molar-refractivity contribution in [1.29, 1.82) is 0 Å². The molecule has 0 aliphatic carbocycles. The number of hydrogen-bond donors (Lipinski definition) is 1. The van der Waals surface area contributed by atoms with Gasteiger partial charge in [0.15, 0.2) is 0 Å². The van der Waals surface area contributed by atoms with E-state index in [2.05, 4.69) is 5.32 Å². The van der Waals surface area contributed by atoms with Crippen LogP contribution in [0.5, 0.6) is 0 Å². The van der Waals surface area contributed by atoms with Crippen LogP contribution in [-0.4, -0.2) is 23.3 Å². The van der Waals surface area contributed by atoms with Gasteiger partial charge < -0.3 is 5.32 Å². The zero-order valence-corrected chi connectivity index (χ0v) is 11.7. The third-order valence-electron chi connectivity index (χ3n) is 2.88. The van der Waals surface area contributed by atoms with Crippen molar-refractivity contribution >= 4 is 23.2 Å². The Morgan fingerprint density at radius 3 is 2.79 bits per heavy atom. The van der Waals surface area contributed by atoms with E-state index < -0.39 is 4.92 Å². The summed E-state index contributed by atoms with van der Waals surface area (Å²) in [5.41, 5.74) is 0.800. The topological polar surface area (TPSA) is 72.2 Å². The maximum Gasteiger partial charge on any atom is 0.273 e. The number of carbonyl (C=O) groups excluding carboxylic acids is 1. The first-order chi connectivity index (χ1) is 8.95. The number of nitrogens with one attached hydrogen (secondary N) is 1. The lowest BCUT2D eigenvalue weighted by atomic mass is 10.1. The molecule has 0 radical (unpaired) electrons. The fourth-order valence-corrected chi connectivity index (χ4v) is 1.98. The Labute approximate surface area is 117 Å². The van der Waals surface area contributed by atoms with Gasteiger partial charge in [0.2, 0.25) is 0 Å². The van der Waals surface area contributed by atoms with E-state index in [-0.39, 0.29) is 17.5 Å². The van der Waals surface area contributed by atoms with Crippen LogP contribution in [0.4, 0.5) is 5.69 Å². The Kier molecular flexibility index (Phi) is 5.76. The van der Waals surface area contributed by atoms with Crippen molar-refractivity contribution in [3.05, 3.63) is 39.4 Å². The number of hydrogen-bond acceptors (Lipinski definition) is 3. The second kappa shape index (κ2) is 7.09. The monoisotopic (exact) mass is 284 g/mol. The quantitative estimate of drug-likeness (QED) is 0.496. The normalized spacial score (nSPS) is 11.9.